The number of carbonyl (C=O) groups excluding carboxylic acids is 1. The van der Waals surface area contributed by atoms with E-state index in [1.165, 1.54) is 32.4 Å². The van der Waals surface area contributed by atoms with Crippen molar-refractivity contribution in [2.24, 2.45) is 0 Å². The summed E-state index contributed by atoms with van der Waals surface area (Å²) < 4.78 is 56.5. The molecule has 1 saturated heterocycles. The fraction of sp³-hybridized carbons (Fsp3) is 0.316. The lowest BCUT2D eigenvalue weighted by molar-refractivity contribution is 0.0729. The molecule has 162 valence electrons. The largest absolute Gasteiger partial charge is 0.493 e. The first-order valence-corrected chi connectivity index (χ1v) is 10.7. The zero-order chi connectivity index (χ0) is 21.9. The molecule has 1 amide bonds. The predicted octanol–water partition coefficient (Wildman–Crippen LogP) is 2.77. The topological polar surface area (TPSA) is 94.2 Å². The number of hydrogen-bond acceptors (Lipinski definition) is 6. The maximum atomic E-state index is 14.3. The summed E-state index contributed by atoms with van der Waals surface area (Å²) in [5, 5.41) is 2.71. The van der Waals surface area contributed by atoms with Crippen molar-refractivity contribution < 1.29 is 31.8 Å². The van der Waals surface area contributed by atoms with Crippen LogP contribution in [-0.2, 0) is 14.8 Å². The van der Waals surface area contributed by atoms with Crippen molar-refractivity contribution in [2.45, 2.75) is 4.90 Å². The minimum absolute atomic E-state index is 0.110. The van der Waals surface area contributed by atoms with Crippen molar-refractivity contribution in [1.82, 2.24) is 4.31 Å². The van der Waals surface area contributed by atoms with Gasteiger partial charge in [-0.15, -0.1) is 0 Å². The number of halogens is 2. The van der Waals surface area contributed by atoms with Crippen LogP contribution in [0.1, 0.15) is 10.4 Å². The Hall–Kier alpha value is -2.40. The number of anilines is 1. The van der Waals surface area contributed by atoms with E-state index in [-0.39, 0.29) is 54.1 Å². The summed E-state index contributed by atoms with van der Waals surface area (Å²) in [5.41, 5.74) is 0.263. The molecule has 0 aromatic heterocycles. The zero-order valence-electron chi connectivity index (χ0n) is 16.3. The number of sulfonamides is 1. The number of nitrogens with zero attached hydrogens (tertiary/aromatic N) is 1. The maximum absolute atomic E-state index is 14.3. The molecule has 1 N–H and O–H groups in total. The van der Waals surface area contributed by atoms with E-state index in [1.54, 1.807) is 0 Å². The van der Waals surface area contributed by atoms with Gasteiger partial charge in [0.2, 0.25) is 10.0 Å². The lowest BCUT2D eigenvalue weighted by Crippen LogP contribution is -2.40. The first-order chi connectivity index (χ1) is 14.3. The second-order valence-corrected chi connectivity index (χ2v) is 8.62. The predicted molar refractivity (Wildman–Crippen MR) is 108 cm³/mol. The van der Waals surface area contributed by atoms with Crippen molar-refractivity contribution in [3.05, 3.63) is 46.7 Å². The molecular formula is C19H20ClFN2O6S. The normalized spacial score (nSPS) is 14.9. The summed E-state index contributed by atoms with van der Waals surface area (Å²) in [4.78, 5) is 12.1. The van der Waals surface area contributed by atoms with Gasteiger partial charge < -0.3 is 19.5 Å². The van der Waals surface area contributed by atoms with Crippen LogP contribution in [0.4, 0.5) is 10.1 Å². The number of benzene rings is 2. The number of hydrogen-bond donors (Lipinski definition) is 1. The van der Waals surface area contributed by atoms with E-state index >= 15 is 0 Å². The average Bonchev–Trinajstić information content (AvgIpc) is 2.74. The van der Waals surface area contributed by atoms with Crippen molar-refractivity contribution in [2.75, 3.05) is 45.8 Å². The molecule has 8 nitrogen and oxygen atoms in total. The van der Waals surface area contributed by atoms with Gasteiger partial charge in [-0.2, -0.15) is 4.31 Å². The van der Waals surface area contributed by atoms with E-state index < -0.39 is 26.6 Å². The van der Waals surface area contributed by atoms with Gasteiger partial charge in [-0.3, -0.25) is 4.79 Å². The van der Waals surface area contributed by atoms with Crippen LogP contribution < -0.4 is 14.8 Å². The molecule has 1 heterocycles. The molecule has 11 heteroatoms. The number of nitrogens with one attached hydrogen (secondary N) is 1. The quantitative estimate of drug-likeness (QED) is 0.715. The van der Waals surface area contributed by atoms with Crippen LogP contribution in [-0.4, -0.2) is 59.2 Å². The summed E-state index contributed by atoms with van der Waals surface area (Å²) >= 11 is 6.12. The fourth-order valence-electron chi connectivity index (χ4n) is 2.96. The van der Waals surface area contributed by atoms with Crippen molar-refractivity contribution in [1.29, 1.82) is 0 Å². The molecule has 30 heavy (non-hydrogen) atoms. The highest BCUT2D eigenvalue weighted by atomic mass is 35.5. The number of morpholine rings is 1. The Morgan fingerprint density at radius 3 is 2.50 bits per heavy atom. The summed E-state index contributed by atoms with van der Waals surface area (Å²) in [6, 6.07) is 6.15. The third-order valence-corrected chi connectivity index (χ3v) is 6.67. The molecule has 0 bridgehead atoms. The van der Waals surface area contributed by atoms with Crippen LogP contribution in [0.3, 0.4) is 0 Å². The summed E-state index contributed by atoms with van der Waals surface area (Å²) in [6.07, 6.45) is 0. The van der Waals surface area contributed by atoms with Gasteiger partial charge in [0.25, 0.3) is 5.91 Å². The molecule has 0 unspecified atom stereocenters. The third kappa shape index (κ3) is 4.51. The zero-order valence-corrected chi connectivity index (χ0v) is 17.8. The second-order valence-electron chi connectivity index (χ2n) is 6.31. The van der Waals surface area contributed by atoms with Gasteiger partial charge in [0.1, 0.15) is 10.7 Å². The highest BCUT2D eigenvalue weighted by Gasteiger charge is 2.29. The lowest BCUT2D eigenvalue weighted by Gasteiger charge is -2.26. The van der Waals surface area contributed by atoms with Crippen LogP contribution in [0.5, 0.6) is 11.5 Å². The number of rotatable bonds is 6. The fourth-order valence-corrected chi connectivity index (χ4v) is 4.74. The molecule has 1 aliphatic rings. The molecule has 0 aliphatic carbocycles. The number of amides is 1. The van der Waals surface area contributed by atoms with E-state index in [4.69, 9.17) is 25.8 Å². The Bertz CT molecular complexity index is 1060. The Labute approximate surface area is 178 Å². The van der Waals surface area contributed by atoms with Gasteiger partial charge in [-0.1, -0.05) is 11.6 Å². The van der Waals surface area contributed by atoms with E-state index in [0.29, 0.717) is 0 Å². The third-order valence-electron chi connectivity index (χ3n) is 4.47. The summed E-state index contributed by atoms with van der Waals surface area (Å²) in [7, 11) is -1.26. The number of methoxy groups -OCH3 is 2. The minimum Gasteiger partial charge on any atom is -0.493 e. The molecule has 2 aromatic carbocycles. The minimum atomic E-state index is -4.07. The van der Waals surface area contributed by atoms with E-state index in [9.17, 15) is 17.6 Å². The maximum Gasteiger partial charge on any atom is 0.255 e. The van der Waals surface area contributed by atoms with E-state index in [1.807, 2.05) is 0 Å². The van der Waals surface area contributed by atoms with Crippen molar-refractivity contribution in [3.8, 4) is 11.5 Å². The Balaban J connectivity index is 1.88. The van der Waals surface area contributed by atoms with Gasteiger partial charge in [0.05, 0.1) is 32.5 Å². The van der Waals surface area contributed by atoms with Gasteiger partial charge in [-0.25, -0.2) is 12.8 Å². The smallest absolute Gasteiger partial charge is 0.255 e. The Kier molecular flexibility index (Phi) is 6.81. The summed E-state index contributed by atoms with van der Waals surface area (Å²) in [5.74, 6) is -0.964. The van der Waals surface area contributed by atoms with Gasteiger partial charge in [0, 0.05) is 24.3 Å². The van der Waals surface area contributed by atoms with Crippen LogP contribution >= 0.6 is 11.6 Å². The van der Waals surface area contributed by atoms with Crippen molar-refractivity contribution >= 4 is 33.2 Å². The second kappa shape index (κ2) is 9.17. The molecule has 0 spiro atoms. The van der Waals surface area contributed by atoms with E-state index in [2.05, 4.69) is 5.32 Å². The number of ether oxygens (including phenoxy) is 3. The molecule has 2 aromatic rings. The van der Waals surface area contributed by atoms with Crippen molar-refractivity contribution in [3.63, 3.8) is 0 Å². The van der Waals surface area contributed by atoms with Crippen LogP contribution in [0.2, 0.25) is 5.02 Å². The standard InChI is InChI=1S/C19H20ClFN2O6S/c1-27-16-10-12(9-14(20)18(16)28-2)19(24)22-13-3-4-15(21)17(11-13)30(25,26)23-5-7-29-8-6-23/h3-4,9-11H,5-8H2,1-2H3,(H,22,24). The first-order valence-electron chi connectivity index (χ1n) is 8.88. The molecule has 0 radical (unpaired) electrons. The molecule has 1 aliphatic heterocycles. The van der Waals surface area contributed by atoms with Gasteiger partial charge in [-0.05, 0) is 30.3 Å². The SMILES string of the molecule is COc1cc(C(=O)Nc2ccc(F)c(S(=O)(=O)N3CCOCC3)c2)cc(Cl)c1OC. The molecular weight excluding hydrogens is 439 g/mol. The highest BCUT2D eigenvalue weighted by Crippen LogP contribution is 2.36. The van der Waals surface area contributed by atoms with Gasteiger partial charge in [0.15, 0.2) is 11.5 Å². The van der Waals surface area contributed by atoms with Crippen LogP contribution in [0.15, 0.2) is 35.2 Å². The van der Waals surface area contributed by atoms with E-state index in [0.717, 1.165) is 16.4 Å². The van der Waals surface area contributed by atoms with Crippen LogP contribution in [0, 0.1) is 5.82 Å². The molecule has 0 atom stereocenters. The first kappa shape index (κ1) is 22.3. The summed E-state index contributed by atoms with van der Waals surface area (Å²) in [6.45, 7) is 0.722. The molecule has 1 fully saturated rings. The number of carbonyl (C=O) groups is 1. The van der Waals surface area contributed by atoms with Crippen LogP contribution in [0.25, 0.3) is 0 Å². The Morgan fingerprint density at radius 2 is 1.87 bits per heavy atom. The highest BCUT2D eigenvalue weighted by molar-refractivity contribution is 7.89. The molecule has 3 rings (SSSR count). The van der Waals surface area contributed by atoms with Gasteiger partial charge >= 0.3 is 0 Å². The Morgan fingerprint density at radius 1 is 1.17 bits per heavy atom. The molecule has 0 saturated carbocycles. The lowest BCUT2D eigenvalue weighted by atomic mass is 10.1. The average molecular weight is 459 g/mol. The monoisotopic (exact) mass is 458 g/mol.